The van der Waals surface area contributed by atoms with Crippen molar-refractivity contribution in [2.24, 2.45) is 0 Å². The minimum Gasteiger partial charge on any atom is -0.744 e. The molecule has 0 saturated carbocycles. The molecular formula is C13H11O4S-. The topological polar surface area (TPSA) is 66.4 Å². The van der Waals surface area contributed by atoms with Crippen LogP contribution in [0.5, 0.6) is 5.75 Å². The van der Waals surface area contributed by atoms with Gasteiger partial charge in [-0.25, -0.2) is 8.42 Å². The fraction of sp³-hybridized carbons (Fsp3) is 0.0769. The smallest absolute Gasteiger partial charge is 0.137 e. The van der Waals surface area contributed by atoms with E-state index in [0.29, 0.717) is 0 Å². The Balaban J connectivity index is 2.20. The third kappa shape index (κ3) is 3.09. The van der Waals surface area contributed by atoms with Gasteiger partial charge in [0.2, 0.25) is 0 Å². The molecule has 2 rings (SSSR count). The van der Waals surface area contributed by atoms with Gasteiger partial charge in [-0.1, -0.05) is 42.5 Å². The van der Waals surface area contributed by atoms with Gasteiger partial charge in [-0.15, -0.1) is 0 Å². The van der Waals surface area contributed by atoms with E-state index in [0.717, 1.165) is 5.56 Å². The zero-order valence-electron chi connectivity index (χ0n) is 9.44. The summed E-state index contributed by atoms with van der Waals surface area (Å²) in [5, 5.41) is 0. The van der Waals surface area contributed by atoms with Gasteiger partial charge in [0.05, 0.1) is 4.90 Å². The highest BCUT2D eigenvalue weighted by Gasteiger charge is 2.09. The Morgan fingerprint density at radius 3 is 2.22 bits per heavy atom. The van der Waals surface area contributed by atoms with E-state index >= 15 is 0 Å². The fourth-order valence-corrected chi connectivity index (χ4v) is 2.13. The van der Waals surface area contributed by atoms with Crippen LogP contribution in [0.3, 0.4) is 0 Å². The summed E-state index contributed by atoms with van der Waals surface area (Å²) in [5.74, 6) is 0.0800. The van der Waals surface area contributed by atoms with E-state index in [9.17, 15) is 13.0 Å². The van der Waals surface area contributed by atoms with Crippen LogP contribution in [0.4, 0.5) is 0 Å². The van der Waals surface area contributed by atoms with Gasteiger partial charge in [-0.05, 0) is 17.7 Å². The summed E-state index contributed by atoms with van der Waals surface area (Å²) < 4.78 is 38.5. The molecular weight excluding hydrogens is 252 g/mol. The Morgan fingerprint density at radius 1 is 0.944 bits per heavy atom. The number of rotatable bonds is 4. The second-order valence-corrected chi connectivity index (χ2v) is 5.02. The first-order valence-corrected chi connectivity index (χ1v) is 6.70. The van der Waals surface area contributed by atoms with E-state index < -0.39 is 10.1 Å². The standard InChI is InChI=1S/C13H12O4S/c14-18(15,16)13-9-5-4-8-12(13)17-10-11-6-2-1-3-7-11/h1-9H,10H2,(H,14,15,16)/p-1. The summed E-state index contributed by atoms with van der Waals surface area (Å²) >= 11 is 0. The van der Waals surface area contributed by atoms with Crippen LogP contribution < -0.4 is 4.74 Å². The average molecular weight is 263 g/mol. The quantitative estimate of drug-likeness (QED) is 0.793. The summed E-state index contributed by atoms with van der Waals surface area (Å²) in [6, 6.07) is 15.1. The third-order valence-electron chi connectivity index (χ3n) is 2.36. The number of hydrogen-bond acceptors (Lipinski definition) is 4. The number of hydrogen-bond donors (Lipinski definition) is 0. The number of ether oxygens (including phenoxy) is 1. The average Bonchev–Trinajstić information content (AvgIpc) is 2.37. The predicted molar refractivity (Wildman–Crippen MR) is 65.2 cm³/mol. The molecule has 0 bridgehead atoms. The molecule has 0 spiro atoms. The molecule has 0 aliphatic heterocycles. The number of benzene rings is 2. The molecule has 2 aromatic carbocycles. The molecule has 0 aliphatic carbocycles. The van der Waals surface area contributed by atoms with Crippen molar-refractivity contribution in [2.45, 2.75) is 11.5 Å². The van der Waals surface area contributed by atoms with E-state index in [4.69, 9.17) is 4.74 Å². The Morgan fingerprint density at radius 2 is 1.56 bits per heavy atom. The number of para-hydroxylation sites is 1. The van der Waals surface area contributed by atoms with Gasteiger partial charge in [0.25, 0.3) is 0 Å². The van der Waals surface area contributed by atoms with Crippen molar-refractivity contribution in [3.63, 3.8) is 0 Å². The molecule has 0 unspecified atom stereocenters. The van der Waals surface area contributed by atoms with E-state index in [1.54, 1.807) is 6.07 Å². The molecule has 0 radical (unpaired) electrons. The highest BCUT2D eigenvalue weighted by Crippen LogP contribution is 2.23. The second-order valence-electron chi connectivity index (χ2n) is 3.68. The van der Waals surface area contributed by atoms with Crippen molar-refractivity contribution in [1.29, 1.82) is 0 Å². The van der Waals surface area contributed by atoms with Crippen molar-refractivity contribution < 1.29 is 17.7 Å². The first-order chi connectivity index (χ1) is 8.57. The molecule has 0 aliphatic rings. The van der Waals surface area contributed by atoms with Crippen LogP contribution in [0.2, 0.25) is 0 Å². The van der Waals surface area contributed by atoms with E-state index in [2.05, 4.69) is 0 Å². The van der Waals surface area contributed by atoms with Crippen molar-refractivity contribution >= 4 is 10.1 Å². The zero-order chi connectivity index (χ0) is 13.0. The molecule has 2 aromatic rings. The summed E-state index contributed by atoms with van der Waals surface area (Å²) in [6.07, 6.45) is 0. The van der Waals surface area contributed by atoms with Crippen molar-refractivity contribution in [3.05, 3.63) is 60.2 Å². The summed E-state index contributed by atoms with van der Waals surface area (Å²) in [4.78, 5) is -0.332. The largest absolute Gasteiger partial charge is 0.744 e. The lowest BCUT2D eigenvalue weighted by molar-refractivity contribution is 0.296. The Bertz CT molecular complexity index is 620. The lowest BCUT2D eigenvalue weighted by atomic mass is 10.2. The lowest BCUT2D eigenvalue weighted by Gasteiger charge is -2.13. The second kappa shape index (κ2) is 5.20. The monoisotopic (exact) mass is 263 g/mol. The highest BCUT2D eigenvalue weighted by atomic mass is 32.2. The SMILES string of the molecule is O=S(=O)([O-])c1ccccc1OCc1ccccc1. The molecule has 0 fully saturated rings. The van der Waals surface area contributed by atoms with E-state index in [-0.39, 0.29) is 17.3 Å². The molecule has 0 saturated heterocycles. The van der Waals surface area contributed by atoms with Gasteiger partial charge in [0, 0.05) is 0 Å². The molecule has 0 atom stereocenters. The first-order valence-electron chi connectivity index (χ1n) is 5.29. The van der Waals surface area contributed by atoms with Gasteiger partial charge in [-0.2, -0.15) is 0 Å². The van der Waals surface area contributed by atoms with Crippen LogP contribution in [0.25, 0.3) is 0 Å². The normalized spacial score (nSPS) is 11.2. The van der Waals surface area contributed by atoms with Crippen LogP contribution in [0, 0.1) is 0 Å². The Hall–Kier alpha value is -1.85. The maximum atomic E-state index is 11.0. The minimum atomic E-state index is -4.51. The fourth-order valence-electron chi connectivity index (χ4n) is 1.51. The Kier molecular flexibility index (Phi) is 3.64. The molecule has 0 N–H and O–H groups in total. The van der Waals surface area contributed by atoms with Gasteiger partial charge in [-0.3, -0.25) is 0 Å². The van der Waals surface area contributed by atoms with Gasteiger partial charge < -0.3 is 9.29 Å². The summed E-state index contributed by atoms with van der Waals surface area (Å²) in [5.41, 5.74) is 0.899. The predicted octanol–water partition coefficient (Wildman–Crippen LogP) is 2.17. The zero-order valence-corrected chi connectivity index (χ0v) is 10.3. The minimum absolute atomic E-state index is 0.0800. The van der Waals surface area contributed by atoms with Crippen LogP contribution in [-0.4, -0.2) is 13.0 Å². The molecule has 0 aromatic heterocycles. The lowest BCUT2D eigenvalue weighted by Crippen LogP contribution is -2.03. The highest BCUT2D eigenvalue weighted by molar-refractivity contribution is 7.85. The molecule has 18 heavy (non-hydrogen) atoms. The molecule has 4 nitrogen and oxygen atoms in total. The van der Waals surface area contributed by atoms with E-state index in [1.807, 2.05) is 30.3 Å². The maximum Gasteiger partial charge on any atom is 0.137 e. The van der Waals surface area contributed by atoms with Crippen LogP contribution >= 0.6 is 0 Å². The summed E-state index contributed by atoms with van der Waals surface area (Å²) in [7, 11) is -4.51. The van der Waals surface area contributed by atoms with Gasteiger partial charge in [0.1, 0.15) is 22.5 Å². The first kappa shape index (κ1) is 12.6. The molecule has 0 heterocycles. The molecule has 94 valence electrons. The van der Waals surface area contributed by atoms with Crippen LogP contribution in [0.1, 0.15) is 5.56 Å². The van der Waals surface area contributed by atoms with Crippen LogP contribution in [-0.2, 0) is 16.7 Å². The van der Waals surface area contributed by atoms with Gasteiger partial charge in [0.15, 0.2) is 0 Å². The molecule has 0 amide bonds. The van der Waals surface area contributed by atoms with Crippen molar-refractivity contribution in [1.82, 2.24) is 0 Å². The molecule has 5 heteroatoms. The van der Waals surface area contributed by atoms with E-state index in [1.165, 1.54) is 18.2 Å². The third-order valence-corrected chi connectivity index (χ3v) is 3.23. The van der Waals surface area contributed by atoms with Crippen molar-refractivity contribution in [2.75, 3.05) is 0 Å². The maximum absolute atomic E-state index is 11.0. The summed E-state index contributed by atoms with van der Waals surface area (Å²) in [6.45, 7) is 0.216. The van der Waals surface area contributed by atoms with Crippen LogP contribution in [0.15, 0.2) is 59.5 Å². The Labute approximate surface area is 106 Å². The van der Waals surface area contributed by atoms with Crippen molar-refractivity contribution in [3.8, 4) is 5.75 Å². The van der Waals surface area contributed by atoms with Gasteiger partial charge >= 0.3 is 0 Å².